The summed E-state index contributed by atoms with van der Waals surface area (Å²) < 4.78 is 5.88. The van der Waals surface area contributed by atoms with Crippen LogP contribution in [-0.4, -0.2) is 39.4 Å². The maximum atomic E-state index is 12.8. The highest BCUT2D eigenvalue weighted by atomic mass is 32.2. The molecule has 0 bridgehead atoms. The second-order valence-electron chi connectivity index (χ2n) is 6.87. The average Bonchev–Trinajstić information content (AvgIpc) is 3.02. The van der Waals surface area contributed by atoms with Gasteiger partial charge in [-0.2, -0.15) is 0 Å². The maximum absolute atomic E-state index is 12.8. The minimum Gasteiger partial charge on any atom is -0.490 e. The van der Waals surface area contributed by atoms with Crippen LogP contribution in [0.25, 0.3) is 6.08 Å². The predicted octanol–water partition coefficient (Wildman–Crippen LogP) is 4.69. The number of ketones is 1. The van der Waals surface area contributed by atoms with Gasteiger partial charge in [0.2, 0.25) is 0 Å². The summed E-state index contributed by atoms with van der Waals surface area (Å²) in [5.41, 5.74) is 0.694. The lowest BCUT2D eigenvalue weighted by Crippen LogP contribution is -2.33. The van der Waals surface area contributed by atoms with E-state index in [0.29, 0.717) is 11.3 Å². The topological polar surface area (TPSA) is 107 Å². The van der Waals surface area contributed by atoms with Crippen LogP contribution in [0.3, 0.4) is 0 Å². The molecule has 2 aromatic carbocycles. The van der Waals surface area contributed by atoms with Crippen LogP contribution in [0.5, 0.6) is 5.75 Å². The van der Waals surface area contributed by atoms with Gasteiger partial charge in [-0.25, -0.2) is 0 Å². The number of thioether (sulfide) groups is 1. The predicted molar refractivity (Wildman–Crippen MR) is 117 cm³/mol. The number of rotatable bonds is 8. The third kappa shape index (κ3) is 5.18. The summed E-state index contributed by atoms with van der Waals surface area (Å²) in [6, 6.07) is 12.2. The van der Waals surface area contributed by atoms with E-state index in [0.717, 1.165) is 23.1 Å². The molecule has 0 saturated carbocycles. The van der Waals surface area contributed by atoms with Gasteiger partial charge in [0, 0.05) is 23.3 Å². The summed E-state index contributed by atoms with van der Waals surface area (Å²) in [4.78, 5) is 48.8. The zero-order chi connectivity index (χ0) is 22.5. The standard InChI is InChI=1S/C22H20N2O6S/c1-3-14(2)30-19-7-5-4-6-16(19)12-20-21(26)23(22(27)31-20)13-18(25)15-8-10-17(11-9-15)24(28)29/h4-12,14H,3,13H2,1-2H3/b20-12+/t14-/m1/s1. The van der Waals surface area contributed by atoms with Crippen molar-refractivity contribution in [2.24, 2.45) is 0 Å². The highest BCUT2D eigenvalue weighted by Crippen LogP contribution is 2.34. The molecule has 0 aliphatic carbocycles. The Balaban J connectivity index is 1.77. The van der Waals surface area contributed by atoms with Crippen LogP contribution in [0.4, 0.5) is 10.5 Å². The van der Waals surface area contributed by atoms with Crippen molar-refractivity contribution in [3.8, 4) is 5.75 Å². The highest BCUT2D eigenvalue weighted by molar-refractivity contribution is 8.18. The van der Waals surface area contributed by atoms with Crippen molar-refractivity contribution >= 4 is 40.5 Å². The number of nitrogens with zero attached hydrogens (tertiary/aromatic N) is 2. The number of hydrogen-bond donors (Lipinski definition) is 0. The van der Waals surface area contributed by atoms with Gasteiger partial charge in [-0.1, -0.05) is 25.1 Å². The Hall–Kier alpha value is -3.46. The first-order valence-corrected chi connectivity index (χ1v) is 10.4. The Labute approximate surface area is 183 Å². The number of para-hydroxylation sites is 1. The second-order valence-corrected chi connectivity index (χ2v) is 7.86. The molecule has 2 aromatic rings. The summed E-state index contributed by atoms with van der Waals surface area (Å²) in [6.45, 7) is 3.50. The zero-order valence-electron chi connectivity index (χ0n) is 16.9. The summed E-state index contributed by atoms with van der Waals surface area (Å²) in [7, 11) is 0. The van der Waals surface area contributed by atoms with E-state index in [1.165, 1.54) is 24.3 Å². The fourth-order valence-electron chi connectivity index (χ4n) is 2.79. The van der Waals surface area contributed by atoms with E-state index in [2.05, 4.69) is 0 Å². The number of non-ortho nitro benzene ring substituents is 1. The molecule has 1 aliphatic heterocycles. The van der Waals surface area contributed by atoms with E-state index in [1.54, 1.807) is 24.3 Å². The summed E-state index contributed by atoms with van der Waals surface area (Å²) in [5, 5.41) is 10.2. The second kappa shape index (κ2) is 9.57. The van der Waals surface area contributed by atoms with E-state index >= 15 is 0 Å². The molecule has 1 atom stereocenters. The van der Waals surface area contributed by atoms with E-state index in [-0.39, 0.29) is 22.3 Å². The Bertz CT molecular complexity index is 1060. The minimum absolute atomic E-state index is 0.0102. The quantitative estimate of drug-likeness (QED) is 0.254. The van der Waals surface area contributed by atoms with Gasteiger partial charge in [-0.15, -0.1) is 0 Å². The lowest BCUT2D eigenvalue weighted by atomic mass is 10.1. The number of imide groups is 1. The molecule has 0 spiro atoms. The summed E-state index contributed by atoms with van der Waals surface area (Å²) >= 11 is 0.755. The molecule has 1 fully saturated rings. The monoisotopic (exact) mass is 440 g/mol. The van der Waals surface area contributed by atoms with Crippen LogP contribution < -0.4 is 4.74 Å². The van der Waals surface area contributed by atoms with Crippen molar-refractivity contribution in [2.75, 3.05) is 6.54 Å². The molecule has 0 radical (unpaired) electrons. The van der Waals surface area contributed by atoms with Crippen molar-refractivity contribution < 1.29 is 24.0 Å². The normalized spacial score (nSPS) is 15.9. The Morgan fingerprint density at radius 3 is 2.52 bits per heavy atom. The van der Waals surface area contributed by atoms with Gasteiger partial charge < -0.3 is 4.74 Å². The first-order valence-electron chi connectivity index (χ1n) is 9.58. The average molecular weight is 440 g/mol. The molecule has 0 unspecified atom stereocenters. The third-order valence-electron chi connectivity index (χ3n) is 4.68. The molecule has 9 heteroatoms. The molecule has 1 aliphatic rings. The molecule has 3 rings (SSSR count). The number of nitro benzene ring substituents is 1. The third-order valence-corrected chi connectivity index (χ3v) is 5.59. The van der Waals surface area contributed by atoms with Gasteiger partial charge in [-0.05, 0) is 49.4 Å². The van der Waals surface area contributed by atoms with Crippen LogP contribution >= 0.6 is 11.8 Å². The van der Waals surface area contributed by atoms with E-state index in [9.17, 15) is 24.5 Å². The fraction of sp³-hybridized carbons (Fsp3) is 0.227. The number of nitro groups is 1. The molecule has 0 N–H and O–H groups in total. The molecular weight excluding hydrogens is 420 g/mol. The molecule has 160 valence electrons. The first kappa shape index (κ1) is 22.2. The number of amides is 2. The van der Waals surface area contributed by atoms with Crippen molar-refractivity contribution in [1.29, 1.82) is 0 Å². The lowest BCUT2D eigenvalue weighted by molar-refractivity contribution is -0.384. The number of carbonyl (C=O) groups is 3. The van der Waals surface area contributed by atoms with Gasteiger partial charge in [0.1, 0.15) is 5.75 Å². The van der Waals surface area contributed by atoms with E-state index in [4.69, 9.17) is 4.74 Å². The first-order chi connectivity index (χ1) is 14.8. The van der Waals surface area contributed by atoms with Gasteiger partial charge in [0.25, 0.3) is 16.8 Å². The number of ether oxygens (including phenoxy) is 1. The number of hydrogen-bond acceptors (Lipinski definition) is 7. The lowest BCUT2D eigenvalue weighted by Gasteiger charge is -2.15. The largest absolute Gasteiger partial charge is 0.490 e. The molecule has 8 nitrogen and oxygen atoms in total. The van der Waals surface area contributed by atoms with Crippen molar-refractivity contribution in [3.05, 3.63) is 74.7 Å². The number of carbonyl (C=O) groups excluding carboxylic acids is 3. The number of Topliss-reactive ketones (excluding diaryl/α,β-unsaturated/α-hetero) is 1. The zero-order valence-corrected chi connectivity index (χ0v) is 17.8. The van der Waals surface area contributed by atoms with Crippen LogP contribution in [0.1, 0.15) is 36.2 Å². The van der Waals surface area contributed by atoms with Crippen LogP contribution in [0, 0.1) is 10.1 Å². The van der Waals surface area contributed by atoms with Crippen LogP contribution in [0.15, 0.2) is 53.4 Å². The molecule has 2 amide bonds. The molecule has 0 aromatic heterocycles. The number of benzene rings is 2. The molecule has 1 heterocycles. The SMILES string of the molecule is CC[C@@H](C)Oc1ccccc1/C=C1/SC(=O)N(CC(=O)c2ccc([N+](=O)[O-])cc2)C1=O. The smallest absolute Gasteiger partial charge is 0.293 e. The van der Waals surface area contributed by atoms with Gasteiger partial charge >= 0.3 is 0 Å². The fourth-order valence-corrected chi connectivity index (χ4v) is 3.62. The van der Waals surface area contributed by atoms with E-state index < -0.39 is 28.4 Å². The summed E-state index contributed by atoms with van der Waals surface area (Å²) in [5.74, 6) is -0.451. The van der Waals surface area contributed by atoms with Gasteiger partial charge in [0.15, 0.2) is 5.78 Å². The van der Waals surface area contributed by atoms with Crippen LogP contribution in [0.2, 0.25) is 0 Å². The van der Waals surface area contributed by atoms with Crippen LogP contribution in [-0.2, 0) is 4.79 Å². The highest BCUT2D eigenvalue weighted by Gasteiger charge is 2.36. The molecule has 31 heavy (non-hydrogen) atoms. The molecular formula is C22H20N2O6S. The van der Waals surface area contributed by atoms with Crippen molar-refractivity contribution in [1.82, 2.24) is 4.90 Å². The van der Waals surface area contributed by atoms with Crippen molar-refractivity contribution in [2.45, 2.75) is 26.4 Å². The molecule has 1 saturated heterocycles. The maximum Gasteiger partial charge on any atom is 0.293 e. The van der Waals surface area contributed by atoms with E-state index in [1.807, 2.05) is 19.9 Å². The summed E-state index contributed by atoms with van der Waals surface area (Å²) in [6.07, 6.45) is 2.39. The van der Waals surface area contributed by atoms with Gasteiger partial charge in [0.05, 0.1) is 22.5 Å². The van der Waals surface area contributed by atoms with Gasteiger partial charge in [-0.3, -0.25) is 29.4 Å². The minimum atomic E-state index is -0.571. The van der Waals surface area contributed by atoms with Crippen molar-refractivity contribution in [3.63, 3.8) is 0 Å². The Morgan fingerprint density at radius 1 is 1.19 bits per heavy atom. The Morgan fingerprint density at radius 2 is 1.87 bits per heavy atom. The Kier molecular flexibility index (Phi) is 6.86.